The second-order valence-corrected chi connectivity index (χ2v) is 3.19. The zero-order valence-electron chi connectivity index (χ0n) is 7.84. The van der Waals surface area contributed by atoms with E-state index in [0.29, 0.717) is 5.56 Å². The second-order valence-electron chi connectivity index (χ2n) is 3.19. The fraction of sp³-hybridized carbons (Fsp3) is 0.625. The molecule has 1 atom stereocenters. The molecule has 0 fully saturated rings. The molecule has 1 aromatic rings. The van der Waals surface area contributed by atoms with Gasteiger partial charge in [0.05, 0.1) is 5.69 Å². The molecule has 6 heteroatoms. The maximum absolute atomic E-state index is 12.0. The van der Waals surface area contributed by atoms with Crippen LogP contribution in [0.5, 0.6) is 0 Å². The Hall–Kier alpha value is -1.04. The summed E-state index contributed by atoms with van der Waals surface area (Å²) >= 11 is 0. The van der Waals surface area contributed by atoms with Crippen molar-refractivity contribution in [3.05, 3.63) is 17.5 Å². The van der Waals surface area contributed by atoms with Gasteiger partial charge in [0.1, 0.15) is 0 Å². The van der Waals surface area contributed by atoms with Gasteiger partial charge in [0.2, 0.25) is 0 Å². The first-order chi connectivity index (χ1) is 6.30. The Kier molecular flexibility index (Phi) is 2.84. The number of aliphatic hydroxyl groups is 1. The molecule has 1 aromatic heterocycles. The van der Waals surface area contributed by atoms with E-state index in [-0.39, 0.29) is 5.69 Å². The molecule has 3 nitrogen and oxygen atoms in total. The van der Waals surface area contributed by atoms with Gasteiger partial charge in [-0.2, -0.15) is 18.3 Å². The van der Waals surface area contributed by atoms with Gasteiger partial charge in [-0.3, -0.25) is 4.68 Å². The van der Waals surface area contributed by atoms with Crippen molar-refractivity contribution in [1.29, 1.82) is 0 Å². The minimum absolute atomic E-state index is 0.275. The highest BCUT2D eigenvalue weighted by atomic mass is 19.4. The number of hydrogen-bond donors (Lipinski definition) is 1. The topological polar surface area (TPSA) is 38.0 Å². The lowest BCUT2D eigenvalue weighted by molar-refractivity contribution is -0.203. The number of alkyl halides is 3. The fourth-order valence-electron chi connectivity index (χ4n) is 1.15. The maximum atomic E-state index is 12.0. The molecule has 0 saturated carbocycles. The van der Waals surface area contributed by atoms with Gasteiger partial charge >= 0.3 is 6.18 Å². The van der Waals surface area contributed by atoms with Gasteiger partial charge in [-0.05, 0) is 12.5 Å². The van der Waals surface area contributed by atoms with E-state index in [1.54, 1.807) is 20.2 Å². The first kappa shape index (κ1) is 11.0. The van der Waals surface area contributed by atoms with E-state index in [0.717, 1.165) is 0 Å². The normalized spacial score (nSPS) is 14.4. The first-order valence-corrected chi connectivity index (χ1v) is 4.04. The molecule has 1 N–H and O–H groups in total. The fourth-order valence-corrected chi connectivity index (χ4v) is 1.15. The lowest BCUT2D eigenvalue weighted by Crippen LogP contribution is -2.30. The molecule has 1 heterocycles. The Balaban J connectivity index is 2.74. The molecule has 0 aliphatic rings. The molecule has 14 heavy (non-hydrogen) atoms. The summed E-state index contributed by atoms with van der Waals surface area (Å²) in [5, 5.41) is 12.6. The number of nitrogens with zero attached hydrogens (tertiary/aromatic N) is 2. The standard InChI is InChI=1S/C8H11F3N2O/c1-5-4-13(2)12-6(5)3-7(14)8(9,10)11/h4,7,14H,3H2,1-2H3. The zero-order valence-corrected chi connectivity index (χ0v) is 7.84. The molecule has 0 aromatic carbocycles. The summed E-state index contributed by atoms with van der Waals surface area (Å²) in [6, 6.07) is 0. The molecule has 0 amide bonds. The Morgan fingerprint density at radius 1 is 1.57 bits per heavy atom. The Labute approximate surface area is 79.2 Å². The molecular formula is C8H11F3N2O. The largest absolute Gasteiger partial charge is 0.414 e. The predicted octanol–water partition coefficient (Wildman–Crippen LogP) is 1.19. The van der Waals surface area contributed by atoms with Crippen molar-refractivity contribution in [3.63, 3.8) is 0 Å². The summed E-state index contributed by atoms with van der Waals surface area (Å²) in [5.74, 6) is 0. The summed E-state index contributed by atoms with van der Waals surface area (Å²) in [5.41, 5.74) is 0.924. The van der Waals surface area contributed by atoms with Gasteiger partial charge in [-0.25, -0.2) is 0 Å². The van der Waals surface area contributed by atoms with Crippen molar-refractivity contribution in [3.8, 4) is 0 Å². The Morgan fingerprint density at radius 2 is 2.14 bits per heavy atom. The van der Waals surface area contributed by atoms with E-state index in [4.69, 9.17) is 5.11 Å². The van der Waals surface area contributed by atoms with Crippen molar-refractivity contribution < 1.29 is 18.3 Å². The monoisotopic (exact) mass is 208 g/mol. The SMILES string of the molecule is Cc1cn(C)nc1CC(O)C(F)(F)F. The van der Waals surface area contributed by atoms with Crippen LogP contribution in [0.25, 0.3) is 0 Å². The van der Waals surface area contributed by atoms with Crippen molar-refractivity contribution >= 4 is 0 Å². The van der Waals surface area contributed by atoms with Crippen LogP contribution in [0.2, 0.25) is 0 Å². The molecule has 0 radical (unpaired) electrons. The highest BCUT2D eigenvalue weighted by molar-refractivity contribution is 5.15. The lowest BCUT2D eigenvalue weighted by atomic mass is 10.1. The summed E-state index contributed by atoms with van der Waals surface area (Å²) in [7, 11) is 1.62. The predicted molar refractivity (Wildman–Crippen MR) is 43.7 cm³/mol. The molecule has 0 spiro atoms. The molecule has 0 bridgehead atoms. The van der Waals surface area contributed by atoms with E-state index in [1.165, 1.54) is 4.68 Å². The summed E-state index contributed by atoms with van der Waals surface area (Å²) in [4.78, 5) is 0. The van der Waals surface area contributed by atoms with Crippen LogP contribution in [0.1, 0.15) is 11.3 Å². The van der Waals surface area contributed by atoms with Crippen molar-refractivity contribution in [2.24, 2.45) is 7.05 Å². The number of aliphatic hydroxyl groups excluding tert-OH is 1. The summed E-state index contributed by atoms with van der Waals surface area (Å²) in [6.07, 6.45) is -5.80. The molecule has 1 unspecified atom stereocenters. The van der Waals surface area contributed by atoms with Gasteiger partial charge < -0.3 is 5.11 Å². The van der Waals surface area contributed by atoms with Gasteiger partial charge in [0.15, 0.2) is 6.10 Å². The highest BCUT2D eigenvalue weighted by Gasteiger charge is 2.38. The third kappa shape index (κ3) is 2.47. The van der Waals surface area contributed by atoms with Crippen molar-refractivity contribution in [2.75, 3.05) is 0 Å². The van der Waals surface area contributed by atoms with Crippen LogP contribution < -0.4 is 0 Å². The van der Waals surface area contributed by atoms with E-state index >= 15 is 0 Å². The van der Waals surface area contributed by atoms with E-state index in [2.05, 4.69) is 5.10 Å². The second kappa shape index (κ2) is 3.61. The van der Waals surface area contributed by atoms with E-state index in [1.807, 2.05) is 0 Å². The minimum atomic E-state index is -4.58. The van der Waals surface area contributed by atoms with Gasteiger partial charge in [0, 0.05) is 19.7 Å². The quantitative estimate of drug-likeness (QED) is 0.792. The Bertz CT molecular complexity index is 319. The molecule has 1 rings (SSSR count). The van der Waals surface area contributed by atoms with Crippen LogP contribution in [0, 0.1) is 6.92 Å². The molecular weight excluding hydrogens is 197 g/mol. The van der Waals surface area contributed by atoms with E-state index < -0.39 is 18.7 Å². The van der Waals surface area contributed by atoms with Crippen LogP contribution in [-0.2, 0) is 13.5 Å². The summed E-state index contributed by atoms with van der Waals surface area (Å²) < 4.78 is 37.4. The third-order valence-electron chi connectivity index (χ3n) is 1.88. The maximum Gasteiger partial charge on any atom is 0.414 e. The zero-order chi connectivity index (χ0) is 10.9. The van der Waals surface area contributed by atoms with Crippen LogP contribution in [-0.4, -0.2) is 27.2 Å². The number of aromatic nitrogens is 2. The number of hydrogen-bond acceptors (Lipinski definition) is 2. The molecule has 0 aliphatic carbocycles. The number of halogens is 3. The lowest BCUT2D eigenvalue weighted by Gasteiger charge is -2.13. The van der Waals surface area contributed by atoms with Gasteiger partial charge in [-0.15, -0.1) is 0 Å². The molecule has 80 valence electrons. The van der Waals surface area contributed by atoms with Crippen LogP contribution in [0.3, 0.4) is 0 Å². The van der Waals surface area contributed by atoms with Gasteiger partial charge in [-0.1, -0.05) is 0 Å². The van der Waals surface area contributed by atoms with Crippen molar-refractivity contribution in [2.45, 2.75) is 25.6 Å². The first-order valence-electron chi connectivity index (χ1n) is 4.04. The van der Waals surface area contributed by atoms with Crippen LogP contribution >= 0.6 is 0 Å². The number of aryl methyl sites for hydroxylation is 2. The molecule has 0 saturated heterocycles. The minimum Gasteiger partial charge on any atom is -0.383 e. The summed E-state index contributed by atoms with van der Waals surface area (Å²) in [6.45, 7) is 1.66. The third-order valence-corrected chi connectivity index (χ3v) is 1.88. The molecule has 0 aliphatic heterocycles. The van der Waals surface area contributed by atoms with Gasteiger partial charge in [0.25, 0.3) is 0 Å². The average molecular weight is 208 g/mol. The smallest absolute Gasteiger partial charge is 0.383 e. The van der Waals surface area contributed by atoms with E-state index in [9.17, 15) is 13.2 Å². The highest BCUT2D eigenvalue weighted by Crippen LogP contribution is 2.23. The number of rotatable bonds is 2. The average Bonchev–Trinajstić information content (AvgIpc) is 2.28. The van der Waals surface area contributed by atoms with Crippen LogP contribution in [0.4, 0.5) is 13.2 Å². The Morgan fingerprint density at radius 3 is 2.50 bits per heavy atom. The van der Waals surface area contributed by atoms with Crippen molar-refractivity contribution in [1.82, 2.24) is 9.78 Å². The van der Waals surface area contributed by atoms with Crippen LogP contribution in [0.15, 0.2) is 6.20 Å².